The van der Waals surface area contributed by atoms with Gasteiger partial charge in [-0.05, 0) is 25.8 Å². The van der Waals surface area contributed by atoms with Gasteiger partial charge in [0.1, 0.15) is 6.61 Å². The number of amides is 1. The number of carbonyl (C=O) groups excluding carboxylic acids is 1. The summed E-state index contributed by atoms with van der Waals surface area (Å²) in [5, 5.41) is 0. The largest absolute Gasteiger partial charge is 0.476 e. The molecule has 1 aromatic rings. The van der Waals surface area contributed by atoms with E-state index in [9.17, 15) is 4.79 Å². The van der Waals surface area contributed by atoms with Gasteiger partial charge in [-0.1, -0.05) is 19.3 Å². The Kier molecular flexibility index (Phi) is 4.04. The quantitative estimate of drug-likeness (QED) is 0.861. The fourth-order valence-electron chi connectivity index (χ4n) is 2.47. The molecule has 104 valence electrons. The van der Waals surface area contributed by atoms with Gasteiger partial charge in [0, 0.05) is 17.3 Å². The van der Waals surface area contributed by atoms with E-state index in [1.807, 2.05) is 0 Å². The first-order valence-electron chi connectivity index (χ1n) is 6.69. The monoisotopic (exact) mass is 263 g/mol. The minimum atomic E-state index is -0.476. The van der Waals surface area contributed by atoms with Gasteiger partial charge in [0.05, 0.1) is 5.54 Å². The third-order valence-corrected chi connectivity index (χ3v) is 3.57. The average molecular weight is 263 g/mol. The molecule has 1 saturated carbocycles. The van der Waals surface area contributed by atoms with Crippen LogP contribution >= 0.6 is 0 Å². The third-order valence-electron chi connectivity index (χ3n) is 3.57. The molecular weight excluding hydrogens is 242 g/mol. The molecule has 0 radical (unpaired) electrons. The van der Waals surface area contributed by atoms with E-state index in [1.54, 1.807) is 19.1 Å². The molecule has 19 heavy (non-hydrogen) atoms. The zero-order valence-electron chi connectivity index (χ0n) is 11.3. The minimum Gasteiger partial charge on any atom is -0.476 e. The maximum atomic E-state index is 11.2. The molecule has 0 spiro atoms. The SMILES string of the molecule is Cc1cc(C(N)=O)cc(OCC2(N)CCCCC2)n1. The lowest BCUT2D eigenvalue weighted by molar-refractivity contribution is 0.0999. The number of pyridine rings is 1. The van der Waals surface area contributed by atoms with Crippen molar-refractivity contribution in [3.05, 3.63) is 23.4 Å². The van der Waals surface area contributed by atoms with E-state index in [2.05, 4.69) is 4.98 Å². The van der Waals surface area contributed by atoms with Gasteiger partial charge in [-0.3, -0.25) is 4.79 Å². The molecule has 0 bridgehead atoms. The van der Waals surface area contributed by atoms with Gasteiger partial charge in [0.25, 0.3) is 0 Å². The van der Waals surface area contributed by atoms with Crippen molar-refractivity contribution in [2.24, 2.45) is 11.5 Å². The summed E-state index contributed by atoms with van der Waals surface area (Å²) >= 11 is 0. The Balaban J connectivity index is 2.04. The van der Waals surface area contributed by atoms with E-state index < -0.39 is 5.91 Å². The molecule has 4 N–H and O–H groups in total. The first kappa shape index (κ1) is 13.8. The van der Waals surface area contributed by atoms with Crippen molar-refractivity contribution in [3.63, 3.8) is 0 Å². The number of primary amides is 1. The van der Waals surface area contributed by atoms with Gasteiger partial charge in [-0.15, -0.1) is 0 Å². The fraction of sp³-hybridized carbons (Fsp3) is 0.571. The molecule has 1 aliphatic carbocycles. The highest BCUT2D eigenvalue weighted by Crippen LogP contribution is 2.26. The maximum Gasteiger partial charge on any atom is 0.248 e. The van der Waals surface area contributed by atoms with Crippen LogP contribution in [-0.4, -0.2) is 23.0 Å². The Morgan fingerprint density at radius 2 is 2.05 bits per heavy atom. The lowest BCUT2D eigenvalue weighted by atomic mass is 9.83. The zero-order valence-corrected chi connectivity index (χ0v) is 11.3. The van der Waals surface area contributed by atoms with Crippen molar-refractivity contribution in [1.29, 1.82) is 0 Å². The molecule has 1 amide bonds. The van der Waals surface area contributed by atoms with Gasteiger partial charge in [-0.2, -0.15) is 0 Å². The summed E-state index contributed by atoms with van der Waals surface area (Å²) in [7, 11) is 0. The van der Waals surface area contributed by atoms with E-state index in [-0.39, 0.29) is 5.54 Å². The number of hydrogen-bond acceptors (Lipinski definition) is 4. The second kappa shape index (κ2) is 5.57. The van der Waals surface area contributed by atoms with Gasteiger partial charge in [0.2, 0.25) is 11.8 Å². The van der Waals surface area contributed by atoms with Crippen molar-refractivity contribution in [2.75, 3.05) is 6.61 Å². The number of ether oxygens (including phenoxy) is 1. The van der Waals surface area contributed by atoms with Gasteiger partial charge >= 0.3 is 0 Å². The second-order valence-corrected chi connectivity index (χ2v) is 5.41. The summed E-state index contributed by atoms with van der Waals surface area (Å²) < 4.78 is 5.68. The van der Waals surface area contributed by atoms with Gasteiger partial charge < -0.3 is 16.2 Å². The van der Waals surface area contributed by atoms with Crippen LogP contribution < -0.4 is 16.2 Å². The Morgan fingerprint density at radius 1 is 1.37 bits per heavy atom. The fourth-order valence-corrected chi connectivity index (χ4v) is 2.47. The van der Waals surface area contributed by atoms with Crippen LogP contribution in [0.15, 0.2) is 12.1 Å². The molecule has 0 saturated heterocycles. The number of nitrogens with zero attached hydrogens (tertiary/aromatic N) is 1. The topological polar surface area (TPSA) is 91.2 Å². The highest BCUT2D eigenvalue weighted by atomic mass is 16.5. The minimum absolute atomic E-state index is 0.267. The molecule has 1 fully saturated rings. The summed E-state index contributed by atoms with van der Waals surface area (Å²) in [6.45, 7) is 2.24. The Hall–Kier alpha value is -1.62. The summed E-state index contributed by atoms with van der Waals surface area (Å²) in [6.07, 6.45) is 5.48. The van der Waals surface area contributed by atoms with Crippen molar-refractivity contribution in [1.82, 2.24) is 4.98 Å². The Labute approximate surface area is 113 Å². The highest BCUT2D eigenvalue weighted by molar-refractivity contribution is 5.93. The number of aryl methyl sites for hydroxylation is 1. The van der Waals surface area contributed by atoms with Gasteiger partial charge in [0.15, 0.2) is 0 Å². The van der Waals surface area contributed by atoms with Crippen molar-refractivity contribution >= 4 is 5.91 Å². The van der Waals surface area contributed by atoms with Crippen molar-refractivity contribution in [2.45, 2.75) is 44.6 Å². The lowest BCUT2D eigenvalue weighted by Gasteiger charge is -2.32. The standard InChI is InChI=1S/C14H21N3O2/c1-10-7-11(13(15)18)8-12(17-10)19-9-14(16)5-3-2-4-6-14/h7-8H,2-6,9,16H2,1H3,(H2,15,18). The summed E-state index contributed by atoms with van der Waals surface area (Å²) in [6, 6.07) is 3.22. The van der Waals surface area contributed by atoms with E-state index >= 15 is 0 Å². The van der Waals surface area contributed by atoms with Crippen LogP contribution in [-0.2, 0) is 0 Å². The average Bonchev–Trinajstić information content (AvgIpc) is 2.37. The first-order chi connectivity index (χ1) is 8.98. The predicted molar refractivity (Wildman–Crippen MR) is 73.0 cm³/mol. The normalized spacial score (nSPS) is 18.0. The predicted octanol–water partition coefficient (Wildman–Crippen LogP) is 1.53. The first-order valence-corrected chi connectivity index (χ1v) is 6.69. The van der Waals surface area contributed by atoms with E-state index in [4.69, 9.17) is 16.2 Å². The molecule has 0 atom stereocenters. The number of hydrogen-bond donors (Lipinski definition) is 2. The number of nitrogens with two attached hydrogens (primary N) is 2. The van der Waals surface area contributed by atoms with Crippen molar-refractivity contribution < 1.29 is 9.53 Å². The summed E-state index contributed by atoms with van der Waals surface area (Å²) in [4.78, 5) is 15.4. The highest BCUT2D eigenvalue weighted by Gasteiger charge is 2.28. The van der Waals surface area contributed by atoms with Crippen LogP contribution in [0.2, 0.25) is 0 Å². The van der Waals surface area contributed by atoms with E-state index in [0.29, 0.717) is 23.7 Å². The van der Waals surface area contributed by atoms with Crippen LogP contribution in [0.4, 0.5) is 0 Å². The molecule has 0 aliphatic heterocycles. The molecule has 1 heterocycles. The molecule has 0 unspecified atom stereocenters. The number of rotatable bonds is 4. The smallest absolute Gasteiger partial charge is 0.248 e. The van der Waals surface area contributed by atoms with Gasteiger partial charge in [-0.25, -0.2) is 4.98 Å². The van der Waals surface area contributed by atoms with E-state index in [0.717, 1.165) is 25.7 Å². The molecule has 0 aromatic carbocycles. The van der Waals surface area contributed by atoms with E-state index in [1.165, 1.54) is 6.42 Å². The molecule has 5 heteroatoms. The Morgan fingerprint density at radius 3 is 2.68 bits per heavy atom. The van der Waals surface area contributed by atoms with Crippen LogP contribution in [0.5, 0.6) is 5.88 Å². The third kappa shape index (κ3) is 3.67. The molecular formula is C14H21N3O2. The Bertz CT molecular complexity index is 468. The summed E-state index contributed by atoms with van der Waals surface area (Å²) in [5.74, 6) is -0.0559. The van der Waals surface area contributed by atoms with Crippen LogP contribution in [0.3, 0.4) is 0 Å². The molecule has 1 aromatic heterocycles. The second-order valence-electron chi connectivity index (χ2n) is 5.41. The van der Waals surface area contributed by atoms with Crippen LogP contribution in [0.1, 0.15) is 48.2 Å². The number of carbonyl (C=O) groups is 1. The summed E-state index contributed by atoms with van der Waals surface area (Å²) in [5.41, 5.74) is 12.4. The molecule has 1 aliphatic rings. The molecule has 5 nitrogen and oxygen atoms in total. The van der Waals surface area contributed by atoms with Crippen LogP contribution in [0.25, 0.3) is 0 Å². The van der Waals surface area contributed by atoms with Crippen LogP contribution in [0, 0.1) is 6.92 Å². The zero-order chi connectivity index (χ0) is 13.9. The lowest BCUT2D eigenvalue weighted by Crippen LogP contribution is -2.47. The molecule has 2 rings (SSSR count). The van der Waals surface area contributed by atoms with Crippen molar-refractivity contribution in [3.8, 4) is 5.88 Å². The number of aromatic nitrogens is 1. The maximum absolute atomic E-state index is 11.2.